The van der Waals surface area contributed by atoms with Gasteiger partial charge in [0.1, 0.15) is 23.1 Å². The number of amides is 4. The standard InChI is InChI=1S/C30H26ClN7O4.C24H22Cl2N4O3/c1-17-6-5-7-19(12-17)25(16-39)33-28(40)18(2)37-15-21-11-10-20(13-22(21)29(37)41)27-23(31)14-32-30(34-27)42-38-26-9-4-3-8-24(26)35-36-38;1-13-4-3-5-15(8-13)20(12-31)28-22(32)14(2)30-11-17-7-6-16(9-18(17)23(30)33)21-19(25)10-27-24(26)29-21/h3-14,18,25,39H,15-16H2,1-2H3,(H,33,40);3-10,14,20,31H,11-12H2,1-2H3,(H,28,32)/t18-,25-;14-,20-/m11/s1. The fourth-order valence-electron chi connectivity index (χ4n) is 8.82. The van der Waals surface area contributed by atoms with Crippen molar-refractivity contribution in [1.29, 1.82) is 0 Å². The zero-order valence-corrected chi connectivity index (χ0v) is 43.0. The van der Waals surface area contributed by atoms with Crippen molar-refractivity contribution in [3.8, 4) is 28.5 Å². The number of rotatable bonds is 14. The Hall–Kier alpha value is -7.87. The molecule has 0 saturated carbocycles. The highest BCUT2D eigenvalue weighted by atomic mass is 35.5. The maximum atomic E-state index is 13.5. The van der Waals surface area contributed by atoms with E-state index in [0.29, 0.717) is 56.2 Å². The van der Waals surface area contributed by atoms with Crippen LogP contribution in [0.15, 0.2) is 122 Å². The van der Waals surface area contributed by atoms with Crippen LogP contribution in [0.3, 0.4) is 0 Å². The summed E-state index contributed by atoms with van der Waals surface area (Å²) < 4.78 is 0. The molecule has 382 valence electrons. The number of nitrogens with zero attached hydrogens (tertiary/aromatic N) is 9. The summed E-state index contributed by atoms with van der Waals surface area (Å²) in [6.45, 7) is 7.28. The van der Waals surface area contributed by atoms with E-state index >= 15 is 0 Å². The van der Waals surface area contributed by atoms with E-state index in [2.05, 4.69) is 40.9 Å². The number of fused-ring (bicyclic) bond motifs is 3. The van der Waals surface area contributed by atoms with Gasteiger partial charge in [-0.3, -0.25) is 19.2 Å². The van der Waals surface area contributed by atoms with Gasteiger partial charge >= 0.3 is 6.01 Å². The van der Waals surface area contributed by atoms with Gasteiger partial charge in [0.15, 0.2) is 0 Å². The number of aliphatic hydroxyl groups is 2. The lowest BCUT2D eigenvalue weighted by atomic mass is 10.0. The van der Waals surface area contributed by atoms with Crippen LogP contribution in [-0.4, -0.2) is 104 Å². The Morgan fingerprint density at radius 2 is 1.16 bits per heavy atom. The number of aromatic nitrogens is 7. The van der Waals surface area contributed by atoms with Gasteiger partial charge in [0.2, 0.25) is 17.1 Å². The highest BCUT2D eigenvalue weighted by molar-refractivity contribution is 6.34. The highest BCUT2D eigenvalue weighted by Gasteiger charge is 2.37. The van der Waals surface area contributed by atoms with Crippen molar-refractivity contribution in [2.24, 2.45) is 0 Å². The molecule has 18 nitrogen and oxygen atoms in total. The van der Waals surface area contributed by atoms with E-state index in [9.17, 15) is 29.4 Å². The smallest absolute Gasteiger partial charge is 0.346 e. The molecule has 75 heavy (non-hydrogen) atoms. The summed E-state index contributed by atoms with van der Waals surface area (Å²) in [4.78, 5) is 79.3. The molecule has 2 aliphatic heterocycles. The maximum Gasteiger partial charge on any atom is 0.346 e. The van der Waals surface area contributed by atoms with Crippen molar-refractivity contribution >= 4 is 69.5 Å². The van der Waals surface area contributed by atoms with Gasteiger partial charge < -0.3 is 35.5 Å². The van der Waals surface area contributed by atoms with Crippen molar-refractivity contribution in [3.63, 3.8) is 0 Å². The lowest BCUT2D eigenvalue weighted by Crippen LogP contribution is -2.46. The molecule has 0 saturated heterocycles. The predicted octanol–water partition coefficient (Wildman–Crippen LogP) is 7.84. The molecule has 0 aliphatic carbocycles. The fourth-order valence-corrected chi connectivity index (χ4v) is 9.35. The Kier molecular flexibility index (Phi) is 15.5. The molecule has 3 aromatic heterocycles. The predicted molar refractivity (Wildman–Crippen MR) is 280 cm³/mol. The normalized spacial score (nSPS) is 14.4. The number of carbonyl (C=O) groups excluding carboxylic acids is 4. The molecule has 5 aromatic carbocycles. The van der Waals surface area contributed by atoms with Crippen LogP contribution >= 0.6 is 34.8 Å². The molecule has 5 heterocycles. The number of hydrogen-bond acceptors (Lipinski definition) is 13. The summed E-state index contributed by atoms with van der Waals surface area (Å²) in [5.74, 6) is -1.26. The first-order valence-electron chi connectivity index (χ1n) is 23.6. The summed E-state index contributed by atoms with van der Waals surface area (Å²) in [7, 11) is 0. The Bertz CT molecular complexity index is 3510. The van der Waals surface area contributed by atoms with Gasteiger partial charge in [-0.2, -0.15) is 4.98 Å². The molecule has 0 radical (unpaired) electrons. The fraction of sp³-hybridized carbons (Fsp3) is 0.222. The van der Waals surface area contributed by atoms with Crippen LogP contribution in [0.1, 0.15) is 80.0 Å². The van der Waals surface area contributed by atoms with Gasteiger partial charge in [0.05, 0.1) is 59.1 Å². The van der Waals surface area contributed by atoms with Crippen LogP contribution in [0, 0.1) is 13.8 Å². The molecule has 4 N–H and O–H groups in total. The molecular formula is C54H48Cl3N11O7. The van der Waals surface area contributed by atoms with E-state index in [0.717, 1.165) is 33.4 Å². The van der Waals surface area contributed by atoms with E-state index in [-0.39, 0.29) is 59.7 Å². The number of aliphatic hydroxyl groups excluding tert-OH is 2. The lowest BCUT2D eigenvalue weighted by Gasteiger charge is -2.26. The SMILES string of the molecule is Cc1cccc([C@@H](CO)NC(=O)[C@@H](C)N2Cc3ccc(-c4nc(Cl)ncc4Cl)cc3C2=O)c1.Cc1cccc([C@@H](CO)NC(=O)[C@@H](C)N2Cc3ccc(-c4nc(On5nnc6ccccc65)ncc4Cl)cc3C2=O)c1. The number of hydrogen-bond donors (Lipinski definition) is 4. The Balaban J connectivity index is 0.000000189. The summed E-state index contributed by atoms with van der Waals surface area (Å²) in [5.41, 5.74) is 9.46. The average molecular weight is 1070 g/mol. The number of nitrogens with one attached hydrogen (secondary N) is 2. The number of carbonyl (C=O) groups is 4. The third kappa shape index (κ3) is 11.2. The number of aryl methyl sites for hydroxylation is 2. The van der Waals surface area contributed by atoms with Crippen LogP contribution in [0.5, 0.6) is 6.01 Å². The largest absolute Gasteiger partial charge is 0.394 e. The van der Waals surface area contributed by atoms with Crippen LogP contribution in [0.25, 0.3) is 33.5 Å². The molecule has 0 unspecified atom stereocenters. The van der Waals surface area contributed by atoms with E-state index in [4.69, 9.17) is 39.6 Å². The highest BCUT2D eigenvalue weighted by Crippen LogP contribution is 2.35. The van der Waals surface area contributed by atoms with Gasteiger partial charge in [-0.25, -0.2) is 15.0 Å². The van der Waals surface area contributed by atoms with Crippen LogP contribution < -0.4 is 15.5 Å². The molecule has 10 rings (SSSR count). The lowest BCUT2D eigenvalue weighted by molar-refractivity contribution is -0.127. The minimum atomic E-state index is -0.771. The van der Waals surface area contributed by atoms with Crippen molar-refractivity contribution in [2.45, 2.75) is 65.0 Å². The molecule has 2 aliphatic rings. The molecule has 0 fully saturated rings. The molecule has 0 spiro atoms. The minimum Gasteiger partial charge on any atom is -0.394 e. The van der Waals surface area contributed by atoms with E-state index in [1.165, 1.54) is 27.0 Å². The van der Waals surface area contributed by atoms with Gasteiger partial charge in [0, 0.05) is 35.3 Å². The Morgan fingerprint density at radius 3 is 1.68 bits per heavy atom. The topological polar surface area (TPSA) is 231 Å². The summed E-state index contributed by atoms with van der Waals surface area (Å²) in [6.07, 6.45) is 2.82. The summed E-state index contributed by atoms with van der Waals surface area (Å²) >= 11 is 18.6. The first kappa shape index (κ1) is 52.0. The second-order valence-electron chi connectivity index (χ2n) is 18.0. The Labute approximate surface area is 445 Å². The van der Waals surface area contributed by atoms with Crippen LogP contribution in [-0.2, 0) is 22.7 Å². The number of halogens is 3. The van der Waals surface area contributed by atoms with Gasteiger partial charge in [0.25, 0.3) is 11.8 Å². The zero-order valence-electron chi connectivity index (χ0n) is 40.8. The van der Waals surface area contributed by atoms with Gasteiger partial charge in [-0.1, -0.05) is 124 Å². The zero-order chi connectivity index (χ0) is 53.1. The quantitative estimate of drug-likeness (QED) is 0.0762. The number of benzene rings is 5. The van der Waals surface area contributed by atoms with E-state index in [1.807, 2.05) is 98.8 Å². The molecule has 4 atom stereocenters. The van der Waals surface area contributed by atoms with Crippen molar-refractivity contribution in [2.75, 3.05) is 13.2 Å². The molecule has 21 heteroatoms. The van der Waals surface area contributed by atoms with Crippen molar-refractivity contribution < 1.29 is 34.2 Å². The second-order valence-corrected chi connectivity index (χ2v) is 19.2. The van der Waals surface area contributed by atoms with Crippen molar-refractivity contribution in [3.05, 3.63) is 181 Å². The van der Waals surface area contributed by atoms with Crippen molar-refractivity contribution in [1.82, 2.24) is 55.5 Å². The van der Waals surface area contributed by atoms with Crippen LogP contribution in [0.4, 0.5) is 0 Å². The monoisotopic (exact) mass is 1070 g/mol. The van der Waals surface area contributed by atoms with Crippen LogP contribution in [0.2, 0.25) is 15.3 Å². The molecular weight excluding hydrogens is 1020 g/mol. The third-order valence-electron chi connectivity index (χ3n) is 12.9. The molecule has 4 amide bonds. The minimum absolute atomic E-state index is 0.00385. The van der Waals surface area contributed by atoms with Gasteiger partial charge in [-0.05, 0) is 91.0 Å². The number of para-hydroxylation sites is 1. The average Bonchev–Trinajstić information content (AvgIpc) is 4.09. The molecule has 8 aromatic rings. The first-order chi connectivity index (χ1) is 36.1. The van der Waals surface area contributed by atoms with Gasteiger partial charge in [-0.15, -0.1) is 5.10 Å². The Morgan fingerprint density at radius 1 is 0.653 bits per heavy atom. The molecule has 0 bridgehead atoms. The maximum absolute atomic E-state index is 13.5. The van der Waals surface area contributed by atoms with E-state index in [1.54, 1.807) is 38.1 Å². The third-order valence-corrected chi connectivity index (χ3v) is 13.7. The first-order valence-corrected chi connectivity index (χ1v) is 24.8. The summed E-state index contributed by atoms with van der Waals surface area (Å²) in [6, 6.07) is 30.5. The second kappa shape index (κ2) is 22.3. The summed E-state index contributed by atoms with van der Waals surface area (Å²) in [5, 5.41) is 34.2. The van der Waals surface area contributed by atoms with E-state index < -0.39 is 24.2 Å².